The van der Waals surface area contributed by atoms with Crippen molar-refractivity contribution >= 4 is 42.1 Å². The zero-order valence-electron chi connectivity index (χ0n) is 4.09. The monoisotopic (exact) mass is 124 g/mol. The Morgan fingerprint density at radius 2 is 1.38 bits per heavy atom. The summed E-state index contributed by atoms with van der Waals surface area (Å²) < 4.78 is 0. The summed E-state index contributed by atoms with van der Waals surface area (Å²) in [4.78, 5) is 19.1. The van der Waals surface area contributed by atoms with Gasteiger partial charge in [0.25, 0.3) is 0 Å². The summed E-state index contributed by atoms with van der Waals surface area (Å²) >= 11 is 0. The summed E-state index contributed by atoms with van der Waals surface area (Å²) in [6.07, 6.45) is 3.37. The standard InChI is InChI=1S/C5H8O2.Na.H/c6-4-2-1-3-5-7;;/h4-5H,1-3H2;;. The van der Waals surface area contributed by atoms with Crippen molar-refractivity contribution < 1.29 is 9.59 Å². The van der Waals surface area contributed by atoms with Crippen LogP contribution in [0.15, 0.2) is 0 Å². The molecule has 0 radical (unpaired) electrons. The van der Waals surface area contributed by atoms with Crippen LogP contribution in [-0.4, -0.2) is 42.1 Å². The molecule has 0 heterocycles. The molecule has 0 aliphatic rings. The van der Waals surface area contributed by atoms with Gasteiger partial charge in [-0.1, -0.05) is 0 Å². The Kier molecular flexibility index (Phi) is 14.5. The number of aldehydes is 2. The summed E-state index contributed by atoms with van der Waals surface area (Å²) in [6, 6.07) is 0. The fraction of sp³-hybridized carbons (Fsp3) is 0.600. The zero-order chi connectivity index (χ0) is 5.54. The molecule has 0 aromatic rings. The molecule has 0 unspecified atom stereocenters. The van der Waals surface area contributed by atoms with E-state index in [0.29, 0.717) is 19.3 Å². The maximum absolute atomic E-state index is 9.56. The third-order valence-electron chi connectivity index (χ3n) is 0.644. The van der Waals surface area contributed by atoms with Gasteiger partial charge in [0.2, 0.25) is 0 Å². The van der Waals surface area contributed by atoms with Crippen LogP contribution in [0.4, 0.5) is 0 Å². The Morgan fingerprint density at radius 1 is 1.00 bits per heavy atom. The van der Waals surface area contributed by atoms with Crippen molar-refractivity contribution in [2.75, 3.05) is 0 Å². The van der Waals surface area contributed by atoms with Crippen molar-refractivity contribution in [3.05, 3.63) is 0 Å². The van der Waals surface area contributed by atoms with Crippen molar-refractivity contribution in [3.8, 4) is 0 Å². The number of carbonyl (C=O) groups excluding carboxylic acids is 2. The third kappa shape index (κ3) is 9.60. The van der Waals surface area contributed by atoms with Crippen LogP contribution in [0.1, 0.15) is 19.3 Å². The van der Waals surface area contributed by atoms with Gasteiger partial charge in [-0.15, -0.1) is 0 Å². The van der Waals surface area contributed by atoms with Gasteiger partial charge in [-0.05, 0) is 6.42 Å². The molecular weight excluding hydrogens is 115 g/mol. The molecule has 0 spiro atoms. The Bertz CT molecular complexity index is 55.4. The van der Waals surface area contributed by atoms with Crippen LogP contribution in [0.3, 0.4) is 0 Å². The van der Waals surface area contributed by atoms with Gasteiger partial charge in [0.05, 0.1) is 0 Å². The second kappa shape index (κ2) is 10.3. The molecule has 2 nitrogen and oxygen atoms in total. The predicted molar refractivity (Wildman–Crippen MR) is 33.1 cm³/mol. The number of carbonyl (C=O) groups is 2. The molecule has 0 N–H and O–H groups in total. The van der Waals surface area contributed by atoms with E-state index in [1.807, 2.05) is 0 Å². The first-order chi connectivity index (χ1) is 3.41. The minimum atomic E-state index is 0. The zero-order valence-corrected chi connectivity index (χ0v) is 4.09. The van der Waals surface area contributed by atoms with Gasteiger partial charge in [-0.25, -0.2) is 0 Å². The third-order valence-corrected chi connectivity index (χ3v) is 0.644. The fourth-order valence-corrected chi connectivity index (χ4v) is 0.285. The van der Waals surface area contributed by atoms with Crippen LogP contribution in [0.5, 0.6) is 0 Å². The van der Waals surface area contributed by atoms with E-state index in [0.717, 1.165) is 12.6 Å². The van der Waals surface area contributed by atoms with Crippen molar-refractivity contribution in [2.24, 2.45) is 0 Å². The summed E-state index contributed by atoms with van der Waals surface area (Å²) in [5.74, 6) is 0. The topological polar surface area (TPSA) is 34.1 Å². The van der Waals surface area contributed by atoms with Gasteiger partial charge < -0.3 is 9.59 Å². The van der Waals surface area contributed by atoms with E-state index < -0.39 is 0 Å². The van der Waals surface area contributed by atoms with E-state index in [-0.39, 0.29) is 29.6 Å². The average Bonchev–Trinajstić information content (AvgIpc) is 1.69. The molecule has 0 rings (SSSR count). The van der Waals surface area contributed by atoms with Gasteiger partial charge in [0.1, 0.15) is 12.6 Å². The van der Waals surface area contributed by atoms with Gasteiger partial charge >= 0.3 is 29.6 Å². The quantitative estimate of drug-likeness (QED) is 0.298. The summed E-state index contributed by atoms with van der Waals surface area (Å²) in [7, 11) is 0. The van der Waals surface area contributed by atoms with E-state index >= 15 is 0 Å². The predicted octanol–water partition coefficient (Wildman–Crippen LogP) is -0.0940. The van der Waals surface area contributed by atoms with Crippen LogP contribution >= 0.6 is 0 Å². The molecule has 0 aromatic carbocycles. The van der Waals surface area contributed by atoms with Crippen molar-refractivity contribution in [2.45, 2.75) is 19.3 Å². The first kappa shape index (κ1) is 11.2. The Morgan fingerprint density at radius 3 is 1.62 bits per heavy atom. The first-order valence-corrected chi connectivity index (χ1v) is 2.29. The Balaban J connectivity index is 0. The molecule has 0 atom stereocenters. The molecule has 42 valence electrons. The van der Waals surface area contributed by atoms with Crippen LogP contribution in [0, 0.1) is 0 Å². The normalized spacial score (nSPS) is 7.00. The number of rotatable bonds is 4. The molecule has 0 aromatic heterocycles. The molecule has 0 saturated heterocycles. The number of hydrogen-bond donors (Lipinski definition) is 0. The maximum atomic E-state index is 9.56. The van der Waals surface area contributed by atoms with Crippen LogP contribution in [0.2, 0.25) is 0 Å². The van der Waals surface area contributed by atoms with Crippen molar-refractivity contribution in [3.63, 3.8) is 0 Å². The van der Waals surface area contributed by atoms with Crippen molar-refractivity contribution in [1.82, 2.24) is 0 Å². The van der Waals surface area contributed by atoms with E-state index in [1.54, 1.807) is 0 Å². The van der Waals surface area contributed by atoms with E-state index in [1.165, 1.54) is 0 Å². The van der Waals surface area contributed by atoms with Crippen LogP contribution in [0.25, 0.3) is 0 Å². The summed E-state index contributed by atoms with van der Waals surface area (Å²) in [5.41, 5.74) is 0. The first-order valence-electron chi connectivity index (χ1n) is 2.29. The molecule has 0 bridgehead atoms. The minimum absolute atomic E-state index is 0. The second-order valence-electron chi connectivity index (χ2n) is 1.26. The SMILES string of the molecule is O=CCCCC=O.[NaH]. The molecule has 8 heavy (non-hydrogen) atoms. The van der Waals surface area contributed by atoms with Crippen LogP contribution < -0.4 is 0 Å². The van der Waals surface area contributed by atoms with E-state index in [2.05, 4.69) is 0 Å². The van der Waals surface area contributed by atoms with Crippen molar-refractivity contribution in [1.29, 1.82) is 0 Å². The molecule has 0 saturated carbocycles. The summed E-state index contributed by atoms with van der Waals surface area (Å²) in [5, 5.41) is 0. The molecule has 0 aliphatic carbocycles. The van der Waals surface area contributed by atoms with Gasteiger partial charge in [0.15, 0.2) is 0 Å². The number of hydrogen-bond acceptors (Lipinski definition) is 2. The van der Waals surface area contributed by atoms with E-state index in [9.17, 15) is 9.59 Å². The molecule has 0 amide bonds. The van der Waals surface area contributed by atoms with Gasteiger partial charge in [0, 0.05) is 12.8 Å². The number of unbranched alkanes of at least 4 members (excludes halogenated alkanes) is 2. The second-order valence-corrected chi connectivity index (χ2v) is 1.26. The molecule has 0 aliphatic heterocycles. The summed E-state index contributed by atoms with van der Waals surface area (Å²) in [6.45, 7) is 0. The Labute approximate surface area is 70.9 Å². The average molecular weight is 124 g/mol. The van der Waals surface area contributed by atoms with Crippen LogP contribution in [-0.2, 0) is 9.59 Å². The molecule has 3 heteroatoms. The Hall–Kier alpha value is 0.340. The molecular formula is C5H9NaO2. The van der Waals surface area contributed by atoms with E-state index in [4.69, 9.17) is 0 Å². The molecule has 0 fully saturated rings. The van der Waals surface area contributed by atoms with Gasteiger partial charge in [-0.3, -0.25) is 0 Å². The fourth-order valence-electron chi connectivity index (χ4n) is 0.285. The van der Waals surface area contributed by atoms with Gasteiger partial charge in [-0.2, -0.15) is 0 Å².